The highest BCUT2D eigenvalue weighted by Gasteiger charge is 2.27. The number of anilines is 1. The van der Waals surface area contributed by atoms with E-state index in [9.17, 15) is 4.79 Å². The molecule has 27 heavy (non-hydrogen) atoms. The van der Waals surface area contributed by atoms with Crippen molar-refractivity contribution in [3.8, 4) is 17.2 Å². The van der Waals surface area contributed by atoms with Crippen molar-refractivity contribution in [3.63, 3.8) is 0 Å². The molecule has 2 aromatic carbocycles. The van der Waals surface area contributed by atoms with Gasteiger partial charge in [0.1, 0.15) is 18.1 Å². The first kappa shape index (κ1) is 17.1. The highest BCUT2D eigenvalue weighted by Crippen LogP contribution is 2.31. The lowest BCUT2D eigenvalue weighted by molar-refractivity contribution is -0.121. The summed E-state index contributed by atoms with van der Waals surface area (Å²) in [5.74, 6) is 1.77. The molecule has 0 aliphatic carbocycles. The van der Waals surface area contributed by atoms with Crippen molar-refractivity contribution in [2.45, 2.75) is 13.3 Å². The Kier molecular flexibility index (Phi) is 4.78. The Morgan fingerprint density at radius 3 is 2.93 bits per heavy atom. The van der Waals surface area contributed by atoms with Gasteiger partial charge in [-0.2, -0.15) is 5.10 Å². The Hall–Kier alpha value is -3.28. The predicted octanol–water partition coefficient (Wildman–Crippen LogP) is 3.46. The van der Waals surface area contributed by atoms with Crippen molar-refractivity contribution in [1.29, 1.82) is 0 Å². The minimum atomic E-state index is -0.267. The molecule has 2 heterocycles. The number of hydrogen-bond acceptors (Lipinski definition) is 4. The van der Waals surface area contributed by atoms with Crippen molar-refractivity contribution >= 4 is 11.7 Å². The van der Waals surface area contributed by atoms with Crippen molar-refractivity contribution in [2.24, 2.45) is 5.92 Å². The molecular weight excluding hydrogens is 342 g/mol. The van der Waals surface area contributed by atoms with Crippen LogP contribution in [0.2, 0.25) is 0 Å². The topological polar surface area (TPSA) is 65.4 Å². The fourth-order valence-electron chi connectivity index (χ4n) is 3.14. The van der Waals surface area contributed by atoms with Crippen LogP contribution in [0, 0.1) is 5.92 Å². The van der Waals surface area contributed by atoms with Gasteiger partial charge in [0.2, 0.25) is 5.91 Å². The highest BCUT2D eigenvalue weighted by atomic mass is 16.5. The van der Waals surface area contributed by atoms with Crippen molar-refractivity contribution < 1.29 is 14.3 Å². The van der Waals surface area contributed by atoms with Gasteiger partial charge in [0.25, 0.3) is 0 Å². The van der Waals surface area contributed by atoms with Gasteiger partial charge >= 0.3 is 0 Å². The molecular formula is C21H21N3O3. The van der Waals surface area contributed by atoms with Crippen LogP contribution < -0.4 is 14.8 Å². The lowest BCUT2D eigenvalue weighted by atomic mass is 9.96. The molecule has 3 aromatic rings. The molecule has 1 unspecified atom stereocenters. The summed E-state index contributed by atoms with van der Waals surface area (Å²) in [5.41, 5.74) is 1.93. The first-order valence-electron chi connectivity index (χ1n) is 9.03. The maximum atomic E-state index is 12.7. The van der Waals surface area contributed by atoms with E-state index >= 15 is 0 Å². The molecule has 6 nitrogen and oxygen atoms in total. The molecule has 1 atom stereocenters. The second kappa shape index (κ2) is 7.53. The van der Waals surface area contributed by atoms with Crippen LogP contribution >= 0.6 is 0 Å². The number of para-hydroxylation sites is 1. The maximum Gasteiger partial charge on any atom is 0.232 e. The molecule has 0 saturated carbocycles. The van der Waals surface area contributed by atoms with Gasteiger partial charge in [-0.3, -0.25) is 4.79 Å². The van der Waals surface area contributed by atoms with E-state index < -0.39 is 0 Å². The van der Waals surface area contributed by atoms with E-state index in [1.54, 1.807) is 10.7 Å². The number of nitrogens with zero attached hydrogens (tertiary/aromatic N) is 2. The van der Waals surface area contributed by atoms with Crippen LogP contribution in [0.25, 0.3) is 5.69 Å². The number of fused-ring (bicyclic) bond motifs is 1. The molecule has 0 radical (unpaired) electrons. The molecule has 138 valence electrons. The van der Waals surface area contributed by atoms with Gasteiger partial charge in [-0.05, 0) is 49.2 Å². The smallest absolute Gasteiger partial charge is 0.232 e. The number of aromatic nitrogens is 2. The third kappa shape index (κ3) is 3.79. The number of nitrogens with one attached hydrogen (secondary N) is 1. The quantitative estimate of drug-likeness (QED) is 0.754. The Morgan fingerprint density at radius 2 is 2.11 bits per heavy atom. The fraction of sp³-hybridized carbons (Fsp3) is 0.238. The van der Waals surface area contributed by atoms with E-state index in [1.165, 1.54) is 0 Å². The number of benzene rings is 2. The van der Waals surface area contributed by atoms with Gasteiger partial charge in [-0.25, -0.2) is 4.68 Å². The molecule has 0 spiro atoms. The van der Waals surface area contributed by atoms with E-state index in [-0.39, 0.29) is 11.8 Å². The zero-order valence-electron chi connectivity index (χ0n) is 15.1. The van der Waals surface area contributed by atoms with E-state index in [0.29, 0.717) is 25.5 Å². The van der Waals surface area contributed by atoms with Gasteiger partial charge in [0, 0.05) is 12.3 Å². The van der Waals surface area contributed by atoms with E-state index in [1.807, 2.05) is 61.7 Å². The molecule has 4 rings (SSSR count). The second-order valence-corrected chi connectivity index (χ2v) is 6.38. The van der Waals surface area contributed by atoms with Crippen molar-refractivity contribution in [2.75, 3.05) is 18.5 Å². The Labute approximate surface area is 157 Å². The lowest BCUT2D eigenvalue weighted by Crippen LogP contribution is -2.32. The summed E-state index contributed by atoms with van der Waals surface area (Å²) in [6.45, 7) is 2.90. The molecule has 1 N–H and O–H groups in total. The zero-order valence-corrected chi connectivity index (χ0v) is 15.1. The summed E-state index contributed by atoms with van der Waals surface area (Å²) in [6, 6.07) is 17.3. The molecule has 1 aliphatic rings. The van der Waals surface area contributed by atoms with Gasteiger partial charge < -0.3 is 14.8 Å². The summed E-state index contributed by atoms with van der Waals surface area (Å²) in [4.78, 5) is 12.7. The number of carbonyl (C=O) groups excluding carboxylic acids is 1. The highest BCUT2D eigenvalue weighted by molar-refractivity contribution is 5.92. The summed E-state index contributed by atoms with van der Waals surface area (Å²) in [5, 5.41) is 7.31. The van der Waals surface area contributed by atoms with Gasteiger partial charge in [-0.1, -0.05) is 18.2 Å². The third-order valence-electron chi connectivity index (χ3n) is 4.48. The number of ether oxygens (including phenoxy) is 2. The van der Waals surface area contributed by atoms with Crippen LogP contribution in [-0.2, 0) is 11.2 Å². The van der Waals surface area contributed by atoms with Crippen molar-refractivity contribution in [3.05, 3.63) is 66.4 Å². The minimum absolute atomic E-state index is 0.0965. The van der Waals surface area contributed by atoms with Crippen LogP contribution in [0.3, 0.4) is 0 Å². The summed E-state index contributed by atoms with van der Waals surface area (Å²) in [6.07, 6.45) is 2.44. The van der Waals surface area contributed by atoms with E-state index in [4.69, 9.17) is 9.47 Å². The monoisotopic (exact) mass is 363 g/mol. The zero-order chi connectivity index (χ0) is 18.6. The number of amides is 1. The average Bonchev–Trinajstić information content (AvgIpc) is 3.17. The minimum Gasteiger partial charge on any atom is -0.494 e. The first-order chi connectivity index (χ1) is 13.2. The molecule has 1 aromatic heterocycles. The molecule has 0 bridgehead atoms. The molecule has 0 fully saturated rings. The summed E-state index contributed by atoms with van der Waals surface area (Å²) < 4.78 is 13.0. The molecule has 1 amide bonds. The maximum absolute atomic E-state index is 12.7. The Morgan fingerprint density at radius 1 is 1.26 bits per heavy atom. The standard InChI is InChI=1S/C21H21N3O3/c1-2-26-18-8-9-19-15(13-18)12-16(14-27-19)21(25)22-20-10-11-24(23-20)17-6-4-3-5-7-17/h3-11,13,16H,2,12,14H2,1H3,(H,22,23,25). The van der Waals surface area contributed by atoms with Gasteiger partial charge in [0.15, 0.2) is 5.82 Å². The summed E-state index contributed by atoms with van der Waals surface area (Å²) >= 11 is 0. The number of rotatable bonds is 5. The summed E-state index contributed by atoms with van der Waals surface area (Å²) in [7, 11) is 0. The lowest BCUT2D eigenvalue weighted by Gasteiger charge is -2.24. The molecule has 1 aliphatic heterocycles. The predicted molar refractivity (Wildman–Crippen MR) is 102 cm³/mol. The van der Waals surface area contributed by atoms with E-state index in [2.05, 4.69) is 10.4 Å². The van der Waals surface area contributed by atoms with Crippen LogP contribution in [0.15, 0.2) is 60.8 Å². The SMILES string of the molecule is CCOc1ccc2c(c1)CC(C(=O)Nc1ccn(-c3ccccc3)n1)CO2. The van der Waals surface area contributed by atoms with Crippen LogP contribution in [-0.4, -0.2) is 28.9 Å². The van der Waals surface area contributed by atoms with E-state index in [0.717, 1.165) is 22.7 Å². The third-order valence-corrected chi connectivity index (χ3v) is 4.48. The molecule has 6 heteroatoms. The first-order valence-corrected chi connectivity index (χ1v) is 9.03. The van der Waals surface area contributed by atoms with Crippen LogP contribution in [0.1, 0.15) is 12.5 Å². The second-order valence-electron chi connectivity index (χ2n) is 6.38. The Balaban J connectivity index is 1.43. The van der Waals surface area contributed by atoms with Crippen LogP contribution in [0.4, 0.5) is 5.82 Å². The van der Waals surface area contributed by atoms with Crippen LogP contribution in [0.5, 0.6) is 11.5 Å². The van der Waals surface area contributed by atoms with Gasteiger partial charge in [-0.15, -0.1) is 0 Å². The fourth-order valence-corrected chi connectivity index (χ4v) is 3.14. The largest absolute Gasteiger partial charge is 0.494 e. The normalized spacial score (nSPS) is 15.5. The average molecular weight is 363 g/mol. The Bertz CT molecular complexity index is 937. The number of hydrogen-bond donors (Lipinski definition) is 1. The molecule has 0 saturated heterocycles. The van der Waals surface area contributed by atoms with Crippen molar-refractivity contribution in [1.82, 2.24) is 9.78 Å². The number of carbonyl (C=O) groups is 1. The van der Waals surface area contributed by atoms with Gasteiger partial charge in [0.05, 0.1) is 18.2 Å².